The highest BCUT2D eigenvalue weighted by atomic mass is 35.5. The molecule has 0 bridgehead atoms. The van der Waals surface area contributed by atoms with Gasteiger partial charge in [0.1, 0.15) is 5.69 Å². The third-order valence-corrected chi connectivity index (χ3v) is 2.59. The van der Waals surface area contributed by atoms with Crippen molar-refractivity contribution >= 4 is 17.6 Å². The number of hydrogen-bond donors (Lipinski definition) is 0. The molecule has 2 aromatic rings. The quantitative estimate of drug-likeness (QED) is 0.782. The van der Waals surface area contributed by atoms with Crippen LogP contribution in [0.5, 0.6) is 0 Å². The summed E-state index contributed by atoms with van der Waals surface area (Å²) in [6.07, 6.45) is 1.81. The van der Waals surface area contributed by atoms with Crippen molar-refractivity contribution in [2.45, 2.75) is 6.92 Å². The van der Waals surface area contributed by atoms with Gasteiger partial charge in [-0.25, -0.2) is 4.79 Å². The molecule has 0 aliphatic rings. The van der Waals surface area contributed by atoms with Gasteiger partial charge in [-0.1, -0.05) is 11.6 Å². The summed E-state index contributed by atoms with van der Waals surface area (Å²) >= 11 is 5.82. The Hall–Kier alpha value is -1.74. The van der Waals surface area contributed by atoms with E-state index in [1.54, 1.807) is 35.8 Å². The maximum atomic E-state index is 11.7. The second-order valence-electron chi connectivity index (χ2n) is 3.46. The summed E-state index contributed by atoms with van der Waals surface area (Å²) in [5, 5.41) is 0.665. The molecule has 1 aromatic carbocycles. The Labute approximate surface area is 105 Å². The summed E-state index contributed by atoms with van der Waals surface area (Å²) < 4.78 is 6.76. The smallest absolute Gasteiger partial charge is 0.355 e. The standard InChI is InChI=1S/C13H12ClNO2/c1-2-17-13(16)12-4-3-9-15(12)11-7-5-10(14)6-8-11/h3-9H,2H2,1H3. The summed E-state index contributed by atoms with van der Waals surface area (Å²) in [7, 11) is 0. The van der Waals surface area contributed by atoms with Gasteiger partial charge in [0.2, 0.25) is 0 Å². The first-order valence-corrected chi connectivity index (χ1v) is 5.70. The zero-order valence-corrected chi connectivity index (χ0v) is 10.1. The number of nitrogens with zero attached hydrogens (tertiary/aromatic N) is 1. The highest BCUT2D eigenvalue weighted by Crippen LogP contribution is 2.16. The number of hydrogen-bond acceptors (Lipinski definition) is 2. The van der Waals surface area contributed by atoms with Gasteiger partial charge in [0.25, 0.3) is 0 Å². The summed E-state index contributed by atoms with van der Waals surface area (Å²) in [5.41, 5.74) is 1.39. The van der Waals surface area contributed by atoms with Crippen LogP contribution in [-0.4, -0.2) is 17.1 Å². The predicted octanol–water partition coefficient (Wildman–Crippen LogP) is 3.31. The lowest BCUT2D eigenvalue weighted by atomic mass is 10.3. The zero-order valence-electron chi connectivity index (χ0n) is 9.39. The van der Waals surface area contributed by atoms with Gasteiger partial charge < -0.3 is 9.30 Å². The van der Waals surface area contributed by atoms with E-state index >= 15 is 0 Å². The lowest BCUT2D eigenvalue weighted by molar-refractivity contribution is 0.0517. The Morgan fingerprint density at radius 2 is 2.00 bits per heavy atom. The Morgan fingerprint density at radius 1 is 1.29 bits per heavy atom. The van der Waals surface area contributed by atoms with Crippen molar-refractivity contribution in [1.29, 1.82) is 0 Å². The molecule has 0 saturated heterocycles. The molecule has 3 nitrogen and oxygen atoms in total. The van der Waals surface area contributed by atoms with Gasteiger partial charge in [0, 0.05) is 16.9 Å². The molecule has 17 heavy (non-hydrogen) atoms. The van der Waals surface area contributed by atoms with Crippen LogP contribution in [0.25, 0.3) is 5.69 Å². The van der Waals surface area contributed by atoms with Gasteiger partial charge in [-0.2, -0.15) is 0 Å². The number of esters is 1. The minimum atomic E-state index is -0.326. The van der Waals surface area contributed by atoms with Gasteiger partial charge in [-0.15, -0.1) is 0 Å². The minimum absolute atomic E-state index is 0.326. The molecule has 2 rings (SSSR count). The fraction of sp³-hybridized carbons (Fsp3) is 0.154. The van der Waals surface area contributed by atoms with Crippen molar-refractivity contribution in [3.8, 4) is 5.69 Å². The van der Waals surface area contributed by atoms with Crippen molar-refractivity contribution in [3.05, 3.63) is 53.3 Å². The molecule has 1 aromatic heterocycles. The van der Waals surface area contributed by atoms with E-state index in [-0.39, 0.29) is 5.97 Å². The van der Waals surface area contributed by atoms with Crippen LogP contribution in [0, 0.1) is 0 Å². The molecule has 0 atom stereocenters. The van der Waals surface area contributed by atoms with Crippen LogP contribution in [0.3, 0.4) is 0 Å². The fourth-order valence-electron chi connectivity index (χ4n) is 1.58. The number of ether oxygens (including phenoxy) is 1. The maximum Gasteiger partial charge on any atom is 0.355 e. The van der Waals surface area contributed by atoms with Crippen LogP contribution in [0.15, 0.2) is 42.6 Å². The van der Waals surface area contributed by atoms with Gasteiger partial charge in [0.15, 0.2) is 0 Å². The number of benzene rings is 1. The van der Waals surface area contributed by atoms with Gasteiger partial charge >= 0.3 is 5.97 Å². The molecule has 88 valence electrons. The molecule has 0 spiro atoms. The van der Waals surface area contributed by atoms with E-state index in [1.165, 1.54) is 0 Å². The third-order valence-electron chi connectivity index (χ3n) is 2.34. The van der Waals surface area contributed by atoms with E-state index in [0.717, 1.165) is 5.69 Å². The highest BCUT2D eigenvalue weighted by molar-refractivity contribution is 6.30. The van der Waals surface area contributed by atoms with E-state index in [2.05, 4.69) is 0 Å². The first kappa shape index (κ1) is 11.7. The molecule has 0 unspecified atom stereocenters. The molecule has 0 saturated carbocycles. The lowest BCUT2D eigenvalue weighted by Crippen LogP contribution is -2.10. The molecule has 0 aliphatic heterocycles. The Balaban J connectivity index is 2.36. The topological polar surface area (TPSA) is 31.2 Å². The zero-order chi connectivity index (χ0) is 12.3. The van der Waals surface area contributed by atoms with E-state index in [4.69, 9.17) is 16.3 Å². The van der Waals surface area contributed by atoms with E-state index < -0.39 is 0 Å². The molecule has 0 fully saturated rings. The lowest BCUT2D eigenvalue weighted by Gasteiger charge is -2.08. The highest BCUT2D eigenvalue weighted by Gasteiger charge is 2.12. The average molecular weight is 250 g/mol. The number of rotatable bonds is 3. The van der Waals surface area contributed by atoms with Gasteiger partial charge in [0.05, 0.1) is 6.61 Å². The molecule has 4 heteroatoms. The fourth-order valence-corrected chi connectivity index (χ4v) is 1.71. The maximum absolute atomic E-state index is 11.7. The third kappa shape index (κ3) is 2.50. The van der Waals surface area contributed by atoms with Crippen LogP contribution in [0.4, 0.5) is 0 Å². The first-order valence-electron chi connectivity index (χ1n) is 5.33. The molecule has 0 radical (unpaired) electrons. The van der Waals surface area contributed by atoms with Crippen LogP contribution in [0.1, 0.15) is 17.4 Å². The Kier molecular flexibility index (Phi) is 3.49. The number of aromatic nitrogens is 1. The number of halogens is 1. The number of carbonyl (C=O) groups is 1. The summed E-state index contributed by atoms with van der Waals surface area (Å²) in [4.78, 5) is 11.7. The second-order valence-corrected chi connectivity index (χ2v) is 3.90. The van der Waals surface area contributed by atoms with Crippen LogP contribution in [0.2, 0.25) is 5.02 Å². The summed E-state index contributed by atoms with van der Waals surface area (Å²) in [5.74, 6) is -0.326. The van der Waals surface area contributed by atoms with Crippen molar-refractivity contribution in [2.24, 2.45) is 0 Å². The normalized spacial score (nSPS) is 10.2. The van der Waals surface area contributed by atoms with Crippen molar-refractivity contribution < 1.29 is 9.53 Å². The molecule has 0 N–H and O–H groups in total. The molecular formula is C13H12ClNO2. The number of carbonyl (C=O) groups excluding carboxylic acids is 1. The van der Waals surface area contributed by atoms with Crippen LogP contribution < -0.4 is 0 Å². The average Bonchev–Trinajstić information content (AvgIpc) is 2.79. The van der Waals surface area contributed by atoms with Gasteiger partial charge in [-0.05, 0) is 43.3 Å². The van der Waals surface area contributed by atoms with E-state index in [0.29, 0.717) is 17.3 Å². The molecule has 1 heterocycles. The Bertz CT molecular complexity index is 516. The van der Waals surface area contributed by atoms with E-state index in [1.807, 2.05) is 18.3 Å². The monoisotopic (exact) mass is 249 g/mol. The predicted molar refractivity (Wildman–Crippen MR) is 66.7 cm³/mol. The summed E-state index contributed by atoms with van der Waals surface area (Å²) in [6, 6.07) is 10.8. The first-order chi connectivity index (χ1) is 8.22. The summed E-state index contributed by atoms with van der Waals surface area (Å²) in [6.45, 7) is 2.15. The SMILES string of the molecule is CCOC(=O)c1cccn1-c1ccc(Cl)cc1. The van der Waals surface area contributed by atoms with Crippen molar-refractivity contribution in [3.63, 3.8) is 0 Å². The van der Waals surface area contributed by atoms with Crippen molar-refractivity contribution in [1.82, 2.24) is 4.57 Å². The molecular weight excluding hydrogens is 238 g/mol. The second kappa shape index (κ2) is 5.06. The van der Waals surface area contributed by atoms with Gasteiger partial charge in [-0.3, -0.25) is 0 Å². The largest absolute Gasteiger partial charge is 0.461 e. The van der Waals surface area contributed by atoms with E-state index in [9.17, 15) is 4.79 Å². The Morgan fingerprint density at radius 3 is 2.65 bits per heavy atom. The van der Waals surface area contributed by atoms with Crippen molar-refractivity contribution in [2.75, 3.05) is 6.61 Å². The molecule has 0 aliphatic carbocycles. The van der Waals surface area contributed by atoms with Crippen LogP contribution in [-0.2, 0) is 4.74 Å². The minimum Gasteiger partial charge on any atom is -0.461 e. The molecule has 0 amide bonds. The van der Waals surface area contributed by atoms with Crippen LogP contribution >= 0.6 is 11.6 Å².